The van der Waals surface area contributed by atoms with Gasteiger partial charge in [0.05, 0.1) is 0 Å². The molecule has 1 heterocycles. The summed E-state index contributed by atoms with van der Waals surface area (Å²) in [6.45, 7) is 0.297. The normalized spacial score (nSPS) is 13.2. The van der Waals surface area contributed by atoms with E-state index in [9.17, 15) is 15.0 Å². The maximum absolute atomic E-state index is 10.9. The van der Waals surface area contributed by atoms with Crippen molar-refractivity contribution in [3.05, 3.63) is 95.1 Å². The molecule has 3 aromatic rings. The third-order valence-electron chi connectivity index (χ3n) is 4.72. The topological polar surface area (TPSA) is 87.0 Å². The quantitative estimate of drug-likeness (QED) is 0.573. The fourth-order valence-electron chi connectivity index (χ4n) is 3.41. The van der Waals surface area contributed by atoms with Gasteiger partial charge in [-0.1, -0.05) is 30.3 Å². The van der Waals surface area contributed by atoms with Crippen LogP contribution in [-0.4, -0.2) is 27.9 Å². The molecule has 0 fully saturated rings. The number of ether oxygens (including phenoxy) is 1. The zero-order valence-electron chi connectivity index (χ0n) is 15.4. The molecule has 0 aromatic heterocycles. The Morgan fingerprint density at radius 1 is 0.897 bits per heavy atom. The fraction of sp³-hybridized carbons (Fsp3) is 0.0417. The minimum absolute atomic E-state index is 0.120. The third kappa shape index (κ3) is 3.84. The molecule has 0 bridgehead atoms. The van der Waals surface area contributed by atoms with Crippen LogP contribution in [0.2, 0.25) is 0 Å². The summed E-state index contributed by atoms with van der Waals surface area (Å²) in [5, 5.41) is 28.4. The highest BCUT2D eigenvalue weighted by molar-refractivity contribution is 6.02. The van der Waals surface area contributed by atoms with E-state index in [4.69, 9.17) is 9.84 Å². The summed E-state index contributed by atoms with van der Waals surface area (Å²) >= 11 is 0. The molecule has 3 aromatic carbocycles. The van der Waals surface area contributed by atoms with E-state index in [2.05, 4.69) is 0 Å². The van der Waals surface area contributed by atoms with Crippen LogP contribution >= 0.6 is 0 Å². The van der Waals surface area contributed by atoms with E-state index in [1.54, 1.807) is 36.4 Å². The van der Waals surface area contributed by atoms with Crippen molar-refractivity contribution in [2.45, 2.75) is 0 Å². The van der Waals surface area contributed by atoms with Gasteiger partial charge in [0, 0.05) is 23.3 Å². The molecule has 1 aliphatic rings. The molecule has 0 spiro atoms. The molecule has 0 aliphatic carbocycles. The van der Waals surface area contributed by atoms with Gasteiger partial charge >= 0.3 is 5.97 Å². The van der Waals surface area contributed by atoms with Crippen LogP contribution in [0.4, 0.5) is 0 Å². The number of carbonyl (C=O) groups is 1. The van der Waals surface area contributed by atoms with Gasteiger partial charge in [-0.2, -0.15) is 0 Å². The zero-order valence-corrected chi connectivity index (χ0v) is 15.4. The Kier molecular flexibility index (Phi) is 4.79. The molecular weight excluding hydrogens is 368 g/mol. The number of hydrogen-bond acceptors (Lipinski definition) is 4. The number of aromatic hydroxyl groups is 2. The van der Waals surface area contributed by atoms with Crippen LogP contribution < -0.4 is 4.74 Å². The molecule has 0 radical (unpaired) electrons. The van der Waals surface area contributed by atoms with Crippen LogP contribution in [0.15, 0.2) is 72.8 Å². The number of benzene rings is 3. The van der Waals surface area contributed by atoms with Crippen molar-refractivity contribution in [1.29, 1.82) is 0 Å². The minimum atomic E-state index is -1.01. The number of phenols is 2. The lowest BCUT2D eigenvalue weighted by atomic mass is 9.87. The SMILES string of the molecule is O=C(O)/C=C/c1cccc(C2=C(c3ccc(O)cc3)COc3cc(O)ccc32)c1. The van der Waals surface area contributed by atoms with Crippen molar-refractivity contribution in [1.82, 2.24) is 0 Å². The maximum atomic E-state index is 10.9. The smallest absolute Gasteiger partial charge is 0.328 e. The van der Waals surface area contributed by atoms with Gasteiger partial charge in [-0.15, -0.1) is 0 Å². The van der Waals surface area contributed by atoms with E-state index in [1.807, 2.05) is 36.4 Å². The average Bonchev–Trinajstić information content (AvgIpc) is 2.72. The monoisotopic (exact) mass is 386 g/mol. The lowest BCUT2D eigenvalue weighted by Gasteiger charge is -2.25. The third-order valence-corrected chi connectivity index (χ3v) is 4.72. The molecule has 5 heteroatoms. The highest BCUT2D eigenvalue weighted by Gasteiger charge is 2.23. The number of carboxylic acid groups (broad SMARTS) is 1. The standard InChI is InChI=1S/C24H18O5/c25-18-7-5-16(6-8-18)21-14-29-22-13-19(26)9-10-20(22)24(21)17-3-1-2-15(12-17)4-11-23(27)28/h1-13,25-26H,14H2,(H,27,28)/b11-4+. The largest absolute Gasteiger partial charge is 0.508 e. The molecular formula is C24H18O5. The van der Waals surface area contributed by atoms with Crippen LogP contribution in [0.25, 0.3) is 17.2 Å². The predicted molar refractivity (Wildman–Crippen MR) is 111 cm³/mol. The minimum Gasteiger partial charge on any atom is -0.508 e. The number of fused-ring (bicyclic) bond motifs is 1. The fourth-order valence-corrected chi connectivity index (χ4v) is 3.41. The Morgan fingerprint density at radius 2 is 1.66 bits per heavy atom. The first kappa shape index (κ1) is 18.4. The average molecular weight is 386 g/mol. The van der Waals surface area contributed by atoms with Crippen LogP contribution in [-0.2, 0) is 4.79 Å². The molecule has 0 unspecified atom stereocenters. The molecule has 5 nitrogen and oxygen atoms in total. The van der Waals surface area contributed by atoms with Crippen molar-refractivity contribution in [3.63, 3.8) is 0 Å². The molecule has 0 saturated carbocycles. The zero-order chi connectivity index (χ0) is 20.4. The summed E-state index contributed by atoms with van der Waals surface area (Å²) < 4.78 is 5.89. The van der Waals surface area contributed by atoms with Gasteiger partial charge in [0.15, 0.2) is 0 Å². The lowest BCUT2D eigenvalue weighted by Crippen LogP contribution is -2.11. The molecule has 4 rings (SSSR count). The van der Waals surface area contributed by atoms with E-state index < -0.39 is 5.97 Å². The first-order chi connectivity index (χ1) is 14.0. The molecule has 0 saturated heterocycles. The summed E-state index contributed by atoms with van der Waals surface area (Å²) in [7, 11) is 0. The number of rotatable bonds is 4. The van der Waals surface area contributed by atoms with E-state index in [0.29, 0.717) is 12.4 Å². The van der Waals surface area contributed by atoms with E-state index in [-0.39, 0.29) is 11.5 Å². The summed E-state index contributed by atoms with van der Waals surface area (Å²) in [5.41, 5.74) is 5.26. The highest BCUT2D eigenvalue weighted by atomic mass is 16.5. The van der Waals surface area contributed by atoms with Crippen molar-refractivity contribution >= 4 is 23.2 Å². The molecule has 29 heavy (non-hydrogen) atoms. The Hall–Kier alpha value is -3.99. The van der Waals surface area contributed by atoms with Gasteiger partial charge in [-0.3, -0.25) is 0 Å². The first-order valence-electron chi connectivity index (χ1n) is 9.01. The molecule has 0 atom stereocenters. The van der Waals surface area contributed by atoms with Gasteiger partial charge in [0.25, 0.3) is 0 Å². The second-order valence-corrected chi connectivity index (χ2v) is 6.67. The maximum Gasteiger partial charge on any atom is 0.328 e. The lowest BCUT2D eigenvalue weighted by molar-refractivity contribution is -0.131. The Bertz CT molecular complexity index is 1140. The van der Waals surface area contributed by atoms with Gasteiger partial charge in [0.1, 0.15) is 23.9 Å². The molecule has 0 amide bonds. The van der Waals surface area contributed by atoms with E-state index in [1.165, 1.54) is 0 Å². The van der Waals surface area contributed by atoms with E-state index in [0.717, 1.165) is 39.5 Å². The van der Waals surface area contributed by atoms with Gasteiger partial charge < -0.3 is 20.1 Å². The first-order valence-corrected chi connectivity index (χ1v) is 9.01. The van der Waals surface area contributed by atoms with E-state index >= 15 is 0 Å². The molecule has 3 N–H and O–H groups in total. The van der Waals surface area contributed by atoms with Crippen LogP contribution in [0.3, 0.4) is 0 Å². The second kappa shape index (κ2) is 7.56. The van der Waals surface area contributed by atoms with Crippen molar-refractivity contribution in [2.24, 2.45) is 0 Å². The number of carboxylic acids is 1. The number of phenolic OH excluding ortho intramolecular Hbond substituents is 2. The Morgan fingerprint density at radius 3 is 2.41 bits per heavy atom. The predicted octanol–water partition coefficient (Wildman–Crippen LogP) is 4.55. The molecule has 144 valence electrons. The van der Waals surface area contributed by atoms with Gasteiger partial charge in [-0.05, 0) is 58.7 Å². The second-order valence-electron chi connectivity index (χ2n) is 6.67. The summed E-state index contributed by atoms with van der Waals surface area (Å²) in [5.74, 6) is -0.131. The van der Waals surface area contributed by atoms with Gasteiger partial charge in [-0.25, -0.2) is 4.79 Å². The van der Waals surface area contributed by atoms with Gasteiger partial charge in [0.2, 0.25) is 0 Å². The van der Waals surface area contributed by atoms with Crippen molar-refractivity contribution in [2.75, 3.05) is 6.61 Å². The Labute approximate surface area is 167 Å². The number of hydrogen-bond donors (Lipinski definition) is 3. The Balaban J connectivity index is 1.92. The van der Waals surface area contributed by atoms with Crippen LogP contribution in [0.5, 0.6) is 17.2 Å². The molecule has 1 aliphatic heterocycles. The highest BCUT2D eigenvalue weighted by Crippen LogP contribution is 2.42. The van der Waals surface area contributed by atoms with Crippen LogP contribution in [0.1, 0.15) is 22.3 Å². The number of aliphatic carboxylic acids is 1. The van der Waals surface area contributed by atoms with Crippen molar-refractivity contribution in [3.8, 4) is 17.2 Å². The van der Waals surface area contributed by atoms with Crippen LogP contribution in [0, 0.1) is 0 Å². The summed E-state index contributed by atoms with van der Waals surface area (Å²) in [6, 6.07) is 19.5. The van der Waals surface area contributed by atoms with Crippen molar-refractivity contribution < 1.29 is 24.9 Å². The summed E-state index contributed by atoms with van der Waals surface area (Å²) in [4.78, 5) is 10.9. The summed E-state index contributed by atoms with van der Waals surface area (Å²) in [6.07, 6.45) is 2.65.